The van der Waals surface area contributed by atoms with E-state index in [-0.39, 0.29) is 22.7 Å². The van der Waals surface area contributed by atoms with Crippen molar-refractivity contribution in [1.29, 1.82) is 0 Å². The molecule has 1 aliphatic heterocycles. The van der Waals surface area contributed by atoms with Crippen LogP contribution in [0.15, 0.2) is 29.2 Å². The van der Waals surface area contributed by atoms with Crippen molar-refractivity contribution in [1.82, 2.24) is 10.0 Å². The van der Waals surface area contributed by atoms with Crippen LogP contribution in [0.4, 0.5) is 0 Å². The topological polar surface area (TPSA) is 76.7 Å². The van der Waals surface area contributed by atoms with E-state index in [4.69, 9.17) is 9.47 Å². The smallest absolute Gasteiger partial charge is 0.240 e. The van der Waals surface area contributed by atoms with Crippen LogP contribution in [-0.2, 0) is 14.8 Å². The maximum Gasteiger partial charge on any atom is 0.240 e. The van der Waals surface area contributed by atoms with Crippen molar-refractivity contribution in [3.63, 3.8) is 0 Å². The van der Waals surface area contributed by atoms with Crippen LogP contribution in [0.2, 0.25) is 0 Å². The molecule has 0 radical (unpaired) electrons. The number of rotatable bonds is 9. The number of piperidine rings is 1. The second kappa shape index (κ2) is 10.3. The molecule has 0 amide bonds. The predicted octanol–water partition coefficient (Wildman–Crippen LogP) is 2.19. The van der Waals surface area contributed by atoms with Gasteiger partial charge < -0.3 is 14.8 Å². The van der Waals surface area contributed by atoms with E-state index < -0.39 is 10.0 Å². The first kappa shape index (κ1) is 22.2. The van der Waals surface area contributed by atoms with E-state index in [0.717, 1.165) is 32.4 Å². The Labute approximate surface area is 157 Å². The summed E-state index contributed by atoms with van der Waals surface area (Å²) in [6.07, 6.45) is 2.71. The average Bonchev–Trinajstić information content (AvgIpc) is 2.60. The third-order valence-electron chi connectivity index (χ3n) is 4.36. The standard InChI is InChI=1S/C17H28N2O4S.ClH/c1-3-12-23-15-4-6-16(7-5-15)24(20,21)19-13-17(14-22-2)8-10-18-11-9-17;/h4-7,18-19H,3,8-14H2,1-2H3;1H. The van der Waals surface area contributed by atoms with E-state index in [1.54, 1.807) is 31.4 Å². The maximum atomic E-state index is 12.5. The quantitative estimate of drug-likeness (QED) is 0.673. The molecule has 0 aromatic heterocycles. The minimum absolute atomic E-state index is 0. The van der Waals surface area contributed by atoms with Gasteiger partial charge in [0.05, 0.1) is 18.1 Å². The van der Waals surface area contributed by atoms with Crippen molar-refractivity contribution < 1.29 is 17.9 Å². The summed E-state index contributed by atoms with van der Waals surface area (Å²) in [7, 11) is -1.87. The van der Waals surface area contributed by atoms with Gasteiger partial charge in [-0.05, 0) is 56.6 Å². The van der Waals surface area contributed by atoms with E-state index in [0.29, 0.717) is 25.5 Å². The molecular formula is C17H29ClN2O4S. The second-order valence-electron chi connectivity index (χ2n) is 6.33. The first-order chi connectivity index (χ1) is 11.5. The Balaban J connectivity index is 0.00000312. The predicted molar refractivity (Wildman–Crippen MR) is 101 cm³/mol. The zero-order valence-electron chi connectivity index (χ0n) is 14.9. The lowest BCUT2D eigenvalue weighted by Gasteiger charge is -2.37. The average molecular weight is 393 g/mol. The third-order valence-corrected chi connectivity index (χ3v) is 5.78. The molecule has 1 heterocycles. The molecule has 1 aromatic carbocycles. The lowest BCUT2D eigenvalue weighted by molar-refractivity contribution is 0.0577. The van der Waals surface area contributed by atoms with Gasteiger partial charge in [0.25, 0.3) is 0 Å². The van der Waals surface area contributed by atoms with Gasteiger partial charge in [-0.15, -0.1) is 12.4 Å². The number of nitrogens with one attached hydrogen (secondary N) is 2. The largest absolute Gasteiger partial charge is 0.494 e. The molecule has 1 saturated heterocycles. The Morgan fingerprint density at radius 1 is 1.20 bits per heavy atom. The molecule has 0 aliphatic carbocycles. The molecule has 144 valence electrons. The number of sulfonamides is 1. The molecule has 0 atom stereocenters. The fraction of sp³-hybridized carbons (Fsp3) is 0.647. The number of ether oxygens (including phenoxy) is 2. The minimum atomic E-state index is -3.53. The van der Waals surface area contributed by atoms with Gasteiger partial charge >= 0.3 is 0 Å². The second-order valence-corrected chi connectivity index (χ2v) is 8.09. The number of benzene rings is 1. The van der Waals surface area contributed by atoms with Gasteiger partial charge in [0.2, 0.25) is 10.0 Å². The normalized spacial score (nSPS) is 16.9. The maximum absolute atomic E-state index is 12.5. The molecule has 0 unspecified atom stereocenters. The van der Waals surface area contributed by atoms with Crippen LogP contribution in [0.25, 0.3) is 0 Å². The van der Waals surface area contributed by atoms with Crippen molar-refractivity contribution in [2.75, 3.05) is 40.0 Å². The Hall–Kier alpha value is -0.860. The van der Waals surface area contributed by atoms with E-state index in [2.05, 4.69) is 10.0 Å². The molecule has 0 saturated carbocycles. The molecule has 8 heteroatoms. The SMILES string of the molecule is CCCOc1ccc(S(=O)(=O)NCC2(COC)CCNCC2)cc1.Cl. The van der Waals surface area contributed by atoms with Crippen LogP contribution in [0, 0.1) is 5.41 Å². The highest BCUT2D eigenvalue weighted by Gasteiger charge is 2.33. The highest BCUT2D eigenvalue weighted by molar-refractivity contribution is 7.89. The van der Waals surface area contributed by atoms with Crippen LogP contribution < -0.4 is 14.8 Å². The lowest BCUT2D eigenvalue weighted by Crippen LogP contribution is -2.47. The van der Waals surface area contributed by atoms with Gasteiger partial charge in [-0.1, -0.05) is 6.92 Å². The Morgan fingerprint density at radius 3 is 2.40 bits per heavy atom. The van der Waals surface area contributed by atoms with E-state index >= 15 is 0 Å². The van der Waals surface area contributed by atoms with E-state index in [9.17, 15) is 8.42 Å². The summed E-state index contributed by atoms with van der Waals surface area (Å²) >= 11 is 0. The Kier molecular flexibility index (Phi) is 9.16. The van der Waals surface area contributed by atoms with Crippen molar-refractivity contribution >= 4 is 22.4 Å². The summed E-state index contributed by atoms with van der Waals surface area (Å²) in [5, 5.41) is 3.30. The van der Waals surface area contributed by atoms with Crippen molar-refractivity contribution in [3.05, 3.63) is 24.3 Å². The number of hydrogen-bond acceptors (Lipinski definition) is 5. The van der Waals surface area contributed by atoms with Crippen LogP contribution in [0.1, 0.15) is 26.2 Å². The van der Waals surface area contributed by atoms with Crippen LogP contribution in [-0.4, -0.2) is 48.4 Å². The number of hydrogen-bond donors (Lipinski definition) is 2. The van der Waals surface area contributed by atoms with Crippen LogP contribution >= 0.6 is 12.4 Å². The van der Waals surface area contributed by atoms with Gasteiger partial charge in [0.1, 0.15) is 5.75 Å². The first-order valence-corrected chi connectivity index (χ1v) is 9.92. The summed E-state index contributed by atoms with van der Waals surface area (Å²) in [6.45, 7) is 5.36. The number of halogens is 1. The van der Waals surface area contributed by atoms with Gasteiger partial charge in [0, 0.05) is 19.1 Å². The molecular weight excluding hydrogens is 364 g/mol. The highest BCUT2D eigenvalue weighted by atomic mass is 35.5. The summed E-state index contributed by atoms with van der Waals surface area (Å²) in [5.41, 5.74) is -0.142. The Morgan fingerprint density at radius 2 is 1.84 bits per heavy atom. The molecule has 2 N–H and O–H groups in total. The summed E-state index contributed by atoms with van der Waals surface area (Å²) in [5.74, 6) is 0.685. The zero-order chi connectivity index (χ0) is 17.5. The molecule has 2 rings (SSSR count). The third kappa shape index (κ3) is 6.42. The summed E-state index contributed by atoms with van der Waals surface area (Å²) in [4.78, 5) is 0.257. The molecule has 6 nitrogen and oxygen atoms in total. The monoisotopic (exact) mass is 392 g/mol. The summed E-state index contributed by atoms with van der Waals surface area (Å²) < 4.78 is 38.7. The number of methoxy groups -OCH3 is 1. The highest BCUT2D eigenvalue weighted by Crippen LogP contribution is 2.29. The van der Waals surface area contributed by atoms with Crippen molar-refractivity contribution in [3.8, 4) is 5.75 Å². The lowest BCUT2D eigenvalue weighted by atomic mass is 9.80. The van der Waals surface area contributed by atoms with Gasteiger partial charge in [-0.25, -0.2) is 13.1 Å². The molecule has 0 spiro atoms. The molecule has 1 aliphatic rings. The van der Waals surface area contributed by atoms with E-state index in [1.165, 1.54) is 0 Å². The molecule has 1 aromatic rings. The zero-order valence-corrected chi connectivity index (χ0v) is 16.5. The van der Waals surface area contributed by atoms with Crippen molar-refractivity contribution in [2.45, 2.75) is 31.1 Å². The van der Waals surface area contributed by atoms with Crippen molar-refractivity contribution in [2.24, 2.45) is 5.41 Å². The minimum Gasteiger partial charge on any atom is -0.494 e. The Bertz CT molecular complexity index is 596. The fourth-order valence-electron chi connectivity index (χ4n) is 2.90. The summed E-state index contributed by atoms with van der Waals surface area (Å²) in [6, 6.07) is 6.55. The van der Waals surface area contributed by atoms with Gasteiger partial charge in [-0.3, -0.25) is 0 Å². The van der Waals surface area contributed by atoms with Gasteiger partial charge in [-0.2, -0.15) is 0 Å². The molecule has 1 fully saturated rings. The molecule has 0 bridgehead atoms. The van der Waals surface area contributed by atoms with Crippen LogP contribution in [0.3, 0.4) is 0 Å². The fourth-order valence-corrected chi connectivity index (χ4v) is 4.06. The first-order valence-electron chi connectivity index (χ1n) is 8.43. The van der Waals surface area contributed by atoms with Gasteiger partial charge in [0.15, 0.2) is 0 Å². The van der Waals surface area contributed by atoms with E-state index in [1.807, 2.05) is 6.92 Å². The van der Waals surface area contributed by atoms with Crippen LogP contribution in [0.5, 0.6) is 5.75 Å². The molecule has 25 heavy (non-hydrogen) atoms.